The summed E-state index contributed by atoms with van der Waals surface area (Å²) in [7, 11) is 0. The van der Waals surface area contributed by atoms with E-state index in [1.165, 1.54) is 6.07 Å². The number of hydrogen-bond acceptors (Lipinski definition) is 3. The quantitative estimate of drug-likeness (QED) is 0.851. The zero-order valence-corrected chi connectivity index (χ0v) is 11.2. The highest BCUT2D eigenvalue weighted by Crippen LogP contribution is 2.22. The second kappa shape index (κ2) is 5.19. The second-order valence-corrected chi connectivity index (χ2v) is 5.61. The molecule has 16 heavy (non-hydrogen) atoms. The van der Waals surface area contributed by atoms with Gasteiger partial charge in [0.2, 0.25) is 0 Å². The highest BCUT2D eigenvalue weighted by atomic mass is 79.9. The largest absolute Gasteiger partial charge is 0.335 e. The van der Waals surface area contributed by atoms with Gasteiger partial charge in [-0.15, -0.1) is 0 Å². The number of hydrogen-bond donors (Lipinski definition) is 1. The lowest BCUT2D eigenvalue weighted by molar-refractivity contribution is 0.622. The molecular weight excluding hydrogens is 291 g/mol. The first-order chi connectivity index (χ1) is 7.65. The molecule has 0 aromatic heterocycles. The molecule has 1 N–H and O–H groups in total. The number of rotatable bonds is 1. The van der Waals surface area contributed by atoms with Crippen molar-refractivity contribution >= 4 is 38.5 Å². The van der Waals surface area contributed by atoms with Crippen molar-refractivity contribution in [3.63, 3.8) is 0 Å². The van der Waals surface area contributed by atoms with Gasteiger partial charge in [-0.1, -0.05) is 11.8 Å². The fraction of sp³-hybridized carbons (Fsp3) is 0.364. The molecule has 1 heterocycles. The Labute approximate surface area is 107 Å². The molecule has 1 aromatic rings. The fourth-order valence-electron chi connectivity index (χ4n) is 1.39. The molecule has 1 unspecified atom stereocenters. The molecule has 2 rings (SSSR count). The summed E-state index contributed by atoms with van der Waals surface area (Å²) in [5.74, 6) is 0.797. The molecule has 0 saturated carbocycles. The van der Waals surface area contributed by atoms with Crippen molar-refractivity contribution in [1.82, 2.24) is 0 Å². The van der Waals surface area contributed by atoms with Crippen molar-refractivity contribution in [1.29, 1.82) is 0 Å². The molecular formula is C11H12BrFN2S. The van der Waals surface area contributed by atoms with E-state index in [-0.39, 0.29) is 5.82 Å². The normalized spacial score (nSPS) is 20.4. The van der Waals surface area contributed by atoms with Crippen LogP contribution in [0.2, 0.25) is 0 Å². The summed E-state index contributed by atoms with van der Waals surface area (Å²) >= 11 is 4.80. The van der Waals surface area contributed by atoms with Gasteiger partial charge in [-0.3, -0.25) is 4.99 Å². The average Bonchev–Trinajstić information content (AvgIpc) is 2.24. The van der Waals surface area contributed by atoms with E-state index in [4.69, 9.17) is 0 Å². The summed E-state index contributed by atoms with van der Waals surface area (Å²) in [5, 5.41) is 4.01. The van der Waals surface area contributed by atoms with E-state index in [9.17, 15) is 4.39 Å². The van der Waals surface area contributed by atoms with Crippen LogP contribution in [0, 0.1) is 5.82 Å². The highest BCUT2D eigenvalue weighted by molar-refractivity contribution is 9.10. The summed E-state index contributed by atoms with van der Waals surface area (Å²) in [6.07, 6.45) is 1.10. The molecule has 1 aromatic carbocycles. The number of nitrogens with one attached hydrogen (secondary N) is 1. The van der Waals surface area contributed by atoms with E-state index < -0.39 is 0 Å². The van der Waals surface area contributed by atoms with Gasteiger partial charge in [0.25, 0.3) is 0 Å². The first kappa shape index (κ1) is 11.9. The van der Waals surface area contributed by atoms with Gasteiger partial charge >= 0.3 is 0 Å². The van der Waals surface area contributed by atoms with Crippen molar-refractivity contribution < 1.29 is 4.39 Å². The molecule has 2 nitrogen and oxygen atoms in total. The zero-order chi connectivity index (χ0) is 11.5. The van der Waals surface area contributed by atoms with Crippen LogP contribution in [-0.4, -0.2) is 17.0 Å². The topological polar surface area (TPSA) is 24.4 Å². The molecule has 1 aliphatic rings. The van der Waals surface area contributed by atoms with Crippen molar-refractivity contribution in [2.45, 2.75) is 19.4 Å². The lowest BCUT2D eigenvalue weighted by Crippen LogP contribution is -2.18. The van der Waals surface area contributed by atoms with Crippen LogP contribution in [0.25, 0.3) is 0 Å². The zero-order valence-electron chi connectivity index (χ0n) is 8.84. The maximum absolute atomic E-state index is 13.3. The van der Waals surface area contributed by atoms with Crippen LogP contribution in [0.3, 0.4) is 0 Å². The van der Waals surface area contributed by atoms with Gasteiger partial charge in [0, 0.05) is 11.4 Å². The van der Waals surface area contributed by atoms with Gasteiger partial charge in [0.05, 0.1) is 10.5 Å². The minimum Gasteiger partial charge on any atom is -0.335 e. The predicted octanol–water partition coefficient (Wildman–Crippen LogP) is 3.88. The van der Waals surface area contributed by atoms with Crippen LogP contribution in [0.15, 0.2) is 27.7 Å². The van der Waals surface area contributed by atoms with Crippen LogP contribution in [0.5, 0.6) is 0 Å². The van der Waals surface area contributed by atoms with E-state index in [0.717, 1.165) is 23.0 Å². The van der Waals surface area contributed by atoms with Gasteiger partial charge in [-0.2, -0.15) is 0 Å². The Balaban J connectivity index is 2.11. The van der Waals surface area contributed by atoms with Gasteiger partial charge < -0.3 is 5.32 Å². The molecule has 0 amide bonds. The van der Waals surface area contributed by atoms with Crippen LogP contribution in [0.4, 0.5) is 10.1 Å². The highest BCUT2D eigenvalue weighted by Gasteiger charge is 2.12. The fourth-order valence-corrected chi connectivity index (χ4v) is 2.74. The van der Waals surface area contributed by atoms with Gasteiger partial charge in [0.1, 0.15) is 5.82 Å². The van der Waals surface area contributed by atoms with E-state index in [1.807, 2.05) is 6.07 Å². The molecule has 5 heteroatoms. The maximum Gasteiger partial charge on any atom is 0.161 e. The summed E-state index contributed by atoms with van der Waals surface area (Å²) in [5.41, 5.74) is 0.737. The standard InChI is InChI=1S/C11H12BrFN2S/c1-7-4-5-16-11(14-7)15-8-2-3-9(12)10(13)6-8/h2-3,6-7H,4-5H2,1H3,(H,14,15). The predicted molar refractivity (Wildman–Crippen MR) is 71.7 cm³/mol. The molecule has 0 spiro atoms. The van der Waals surface area contributed by atoms with Crippen molar-refractivity contribution in [3.05, 3.63) is 28.5 Å². The van der Waals surface area contributed by atoms with Crippen LogP contribution >= 0.6 is 27.7 Å². The average molecular weight is 303 g/mol. The Morgan fingerprint density at radius 1 is 1.56 bits per heavy atom. The minimum absolute atomic E-state index is 0.264. The SMILES string of the molecule is CC1CCSC(Nc2ccc(Br)c(F)c2)=N1. The number of amidine groups is 1. The monoisotopic (exact) mass is 302 g/mol. The number of benzene rings is 1. The molecule has 1 atom stereocenters. The number of thioether (sulfide) groups is 1. The lowest BCUT2D eigenvalue weighted by Gasteiger charge is -2.17. The third-order valence-electron chi connectivity index (χ3n) is 2.28. The Morgan fingerprint density at radius 3 is 3.06 bits per heavy atom. The van der Waals surface area contributed by atoms with Crippen molar-refractivity contribution in [3.8, 4) is 0 Å². The molecule has 86 valence electrons. The van der Waals surface area contributed by atoms with Crippen LogP contribution in [-0.2, 0) is 0 Å². The molecule has 1 aliphatic heterocycles. The third-order valence-corrected chi connectivity index (χ3v) is 3.85. The van der Waals surface area contributed by atoms with E-state index in [1.54, 1.807) is 17.8 Å². The molecule has 0 saturated heterocycles. The summed E-state index contributed by atoms with van der Waals surface area (Å²) in [4.78, 5) is 4.46. The molecule has 0 radical (unpaired) electrons. The first-order valence-electron chi connectivity index (χ1n) is 5.08. The van der Waals surface area contributed by atoms with Gasteiger partial charge in [-0.25, -0.2) is 4.39 Å². The number of halogens is 2. The van der Waals surface area contributed by atoms with Crippen molar-refractivity contribution in [2.24, 2.45) is 4.99 Å². The molecule has 0 bridgehead atoms. The number of anilines is 1. The molecule has 0 fully saturated rings. The van der Waals surface area contributed by atoms with E-state index >= 15 is 0 Å². The Hall–Kier alpha value is -0.550. The molecule has 0 aliphatic carbocycles. The maximum atomic E-state index is 13.3. The minimum atomic E-state index is -0.264. The van der Waals surface area contributed by atoms with E-state index in [0.29, 0.717) is 10.5 Å². The first-order valence-corrected chi connectivity index (χ1v) is 6.85. The Bertz CT molecular complexity index is 422. The summed E-state index contributed by atoms with van der Waals surface area (Å²) in [6, 6.07) is 5.33. The summed E-state index contributed by atoms with van der Waals surface area (Å²) in [6.45, 7) is 2.09. The lowest BCUT2D eigenvalue weighted by atomic mass is 10.3. The smallest absolute Gasteiger partial charge is 0.161 e. The van der Waals surface area contributed by atoms with Crippen LogP contribution in [0.1, 0.15) is 13.3 Å². The van der Waals surface area contributed by atoms with Gasteiger partial charge in [0.15, 0.2) is 5.17 Å². The Kier molecular flexibility index (Phi) is 3.86. The van der Waals surface area contributed by atoms with Crippen LogP contribution < -0.4 is 5.32 Å². The summed E-state index contributed by atoms with van der Waals surface area (Å²) < 4.78 is 13.8. The second-order valence-electron chi connectivity index (χ2n) is 3.67. The van der Waals surface area contributed by atoms with Gasteiger partial charge in [-0.05, 0) is 47.5 Å². The van der Waals surface area contributed by atoms with Crippen molar-refractivity contribution in [2.75, 3.05) is 11.1 Å². The Morgan fingerprint density at radius 2 is 2.38 bits per heavy atom. The number of aliphatic imine (C=N–C) groups is 1. The third kappa shape index (κ3) is 2.98. The van der Waals surface area contributed by atoms with E-state index in [2.05, 4.69) is 33.2 Å². The number of nitrogens with zero attached hydrogens (tertiary/aromatic N) is 1.